The zero-order valence-corrected chi connectivity index (χ0v) is 10.8. The summed E-state index contributed by atoms with van der Waals surface area (Å²) in [6.45, 7) is 10.5. The van der Waals surface area contributed by atoms with Crippen LogP contribution >= 0.6 is 0 Å². The van der Waals surface area contributed by atoms with Crippen molar-refractivity contribution < 1.29 is 0 Å². The normalized spacial score (nSPS) is 19.2. The quantitative estimate of drug-likeness (QED) is 0.665. The molecule has 0 saturated heterocycles. The zero-order chi connectivity index (χ0) is 11.1. The van der Waals surface area contributed by atoms with Crippen LogP contribution in [0.4, 0.5) is 0 Å². The number of hydrogen-bond acceptors (Lipinski definition) is 2. The Balaban J connectivity index is 1.97. The summed E-state index contributed by atoms with van der Waals surface area (Å²) in [7, 11) is 0. The fourth-order valence-electron chi connectivity index (χ4n) is 2.22. The highest BCUT2D eigenvalue weighted by Gasteiger charge is 2.18. The third kappa shape index (κ3) is 4.98. The molecule has 2 heteroatoms. The molecule has 1 rings (SSSR count). The van der Waals surface area contributed by atoms with Crippen LogP contribution in [0.3, 0.4) is 0 Å². The summed E-state index contributed by atoms with van der Waals surface area (Å²) in [6.07, 6.45) is 6.90. The van der Waals surface area contributed by atoms with Crippen molar-refractivity contribution in [1.29, 1.82) is 0 Å². The Morgan fingerprint density at radius 1 is 1.27 bits per heavy atom. The van der Waals surface area contributed by atoms with Gasteiger partial charge in [-0.05, 0) is 52.2 Å². The smallest absolute Gasteiger partial charge is 0.00695 e. The lowest BCUT2D eigenvalue weighted by atomic mass is 9.92. The molecule has 90 valence electrons. The number of nitrogens with zero attached hydrogens (tertiary/aromatic N) is 1. The van der Waals surface area contributed by atoms with E-state index in [1.807, 2.05) is 0 Å². The molecule has 0 bridgehead atoms. The molecule has 15 heavy (non-hydrogen) atoms. The van der Waals surface area contributed by atoms with Crippen molar-refractivity contribution in [2.24, 2.45) is 0 Å². The molecule has 1 saturated carbocycles. The predicted molar refractivity (Wildman–Crippen MR) is 67.3 cm³/mol. The Labute approximate surface area is 95.4 Å². The minimum atomic E-state index is 0.714. The first kappa shape index (κ1) is 13.0. The van der Waals surface area contributed by atoms with E-state index in [0.29, 0.717) is 6.04 Å². The lowest BCUT2D eigenvalue weighted by Crippen LogP contribution is -2.41. The molecule has 1 N–H and O–H groups in total. The molecule has 0 radical (unpaired) electrons. The fraction of sp³-hybridized carbons (Fsp3) is 1.00. The van der Waals surface area contributed by atoms with Crippen LogP contribution in [0.25, 0.3) is 0 Å². The molecule has 0 aromatic carbocycles. The van der Waals surface area contributed by atoms with Crippen molar-refractivity contribution in [2.75, 3.05) is 19.6 Å². The van der Waals surface area contributed by atoms with Gasteiger partial charge in [0.25, 0.3) is 0 Å². The van der Waals surface area contributed by atoms with E-state index in [1.54, 1.807) is 0 Å². The van der Waals surface area contributed by atoms with Gasteiger partial charge in [-0.15, -0.1) is 0 Å². The molecule has 0 aromatic heterocycles. The highest BCUT2D eigenvalue weighted by Crippen LogP contribution is 2.19. The van der Waals surface area contributed by atoms with Crippen molar-refractivity contribution in [3.63, 3.8) is 0 Å². The van der Waals surface area contributed by atoms with Gasteiger partial charge in [0.15, 0.2) is 0 Å². The van der Waals surface area contributed by atoms with Crippen molar-refractivity contribution in [3.05, 3.63) is 0 Å². The van der Waals surface area contributed by atoms with Gasteiger partial charge in [0.05, 0.1) is 0 Å². The third-order valence-electron chi connectivity index (χ3n) is 3.63. The van der Waals surface area contributed by atoms with E-state index in [-0.39, 0.29) is 0 Å². The van der Waals surface area contributed by atoms with Crippen molar-refractivity contribution in [2.45, 2.75) is 65.0 Å². The Morgan fingerprint density at radius 2 is 1.93 bits per heavy atom. The maximum atomic E-state index is 3.71. The van der Waals surface area contributed by atoms with Crippen molar-refractivity contribution in [1.82, 2.24) is 10.2 Å². The monoisotopic (exact) mass is 212 g/mol. The summed E-state index contributed by atoms with van der Waals surface area (Å²) in [5.41, 5.74) is 0. The first-order chi connectivity index (χ1) is 7.26. The topological polar surface area (TPSA) is 15.3 Å². The van der Waals surface area contributed by atoms with Gasteiger partial charge < -0.3 is 10.2 Å². The molecule has 0 aromatic rings. The number of nitrogens with one attached hydrogen (secondary N) is 1. The number of hydrogen-bond donors (Lipinski definition) is 1. The van der Waals surface area contributed by atoms with Crippen LogP contribution < -0.4 is 5.32 Å². The molecular weight excluding hydrogens is 184 g/mol. The molecular formula is C13H28N2. The second-order valence-electron chi connectivity index (χ2n) is 4.86. The van der Waals surface area contributed by atoms with E-state index in [1.165, 1.54) is 51.7 Å². The van der Waals surface area contributed by atoms with Gasteiger partial charge in [-0.2, -0.15) is 0 Å². The predicted octanol–water partition coefficient (Wildman–Crippen LogP) is 2.64. The van der Waals surface area contributed by atoms with Gasteiger partial charge in [0.1, 0.15) is 0 Å². The van der Waals surface area contributed by atoms with E-state index in [2.05, 4.69) is 31.0 Å². The summed E-state index contributed by atoms with van der Waals surface area (Å²) in [4.78, 5) is 2.51. The summed E-state index contributed by atoms with van der Waals surface area (Å²) in [6, 6.07) is 1.55. The van der Waals surface area contributed by atoms with E-state index in [4.69, 9.17) is 0 Å². The van der Waals surface area contributed by atoms with Gasteiger partial charge in [0.2, 0.25) is 0 Å². The molecule has 0 aliphatic heterocycles. The maximum absolute atomic E-state index is 3.71. The Bertz CT molecular complexity index is 151. The molecule has 0 spiro atoms. The van der Waals surface area contributed by atoms with Gasteiger partial charge in [-0.3, -0.25) is 0 Å². The lowest BCUT2D eigenvalue weighted by Gasteiger charge is -2.30. The second kappa shape index (κ2) is 7.24. The molecule has 1 atom stereocenters. The Kier molecular flexibility index (Phi) is 6.26. The Hall–Kier alpha value is -0.0800. The molecule has 0 unspecified atom stereocenters. The molecule has 1 aliphatic rings. The number of rotatable bonds is 8. The summed E-state index contributed by atoms with van der Waals surface area (Å²) in [5, 5.41) is 3.71. The minimum absolute atomic E-state index is 0.714. The standard InChI is InChI=1S/C13H28N2/c1-4-15(5-2)11-7-8-12(3)14-13-9-6-10-13/h12-14H,4-11H2,1-3H3/t12-/m1/s1. The van der Waals surface area contributed by atoms with Gasteiger partial charge in [-0.25, -0.2) is 0 Å². The van der Waals surface area contributed by atoms with Crippen molar-refractivity contribution in [3.8, 4) is 0 Å². The van der Waals surface area contributed by atoms with E-state index in [9.17, 15) is 0 Å². The highest BCUT2D eigenvalue weighted by atomic mass is 15.1. The second-order valence-corrected chi connectivity index (χ2v) is 4.86. The SMILES string of the molecule is CCN(CC)CCC[C@@H](C)NC1CCC1. The fourth-order valence-corrected chi connectivity index (χ4v) is 2.22. The molecule has 0 heterocycles. The van der Waals surface area contributed by atoms with Crippen LogP contribution in [0.1, 0.15) is 52.9 Å². The maximum Gasteiger partial charge on any atom is 0.00695 e. The molecule has 1 aliphatic carbocycles. The summed E-state index contributed by atoms with van der Waals surface area (Å²) < 4.78 is 0. The van der Waals surface area contributed by atoms with E-state index in [0.717, 1.165) is 6.04 Å². The van der Waals surface area contributed by atoms with Gasteiger partial charge in [-0.1, -0.05) is 20.3 Å². The first-order valence-corrected chi connectivity index (χ1v) is 6.74. The molecule has 1 fully saturated rings. The van der Waals surface area contributed by atoms with Crippen LogP contribution in [-0.4, -0.2) is 36.6 Å². The van der Waals surface area contributed by atoms with Gasteiger partial charge in [0, 0.05) is 12.1 Å². The zero-order valence-electron chi connectivity index (χ0n) is 10.8. The van der Waals surface area contributed by atoms with Crippen LogP contribution in [0.15, 0.2) is 0 Å². The Morgan fingerprint density at radius 3 is 2.40 bits per heavy atom. The molecule has 2 nitrogen and oxygen atoms in total. The van der Waals surface area contributed by atoms with E-state index < -0.39 is 0 Å². The van der Waals surface area contributed by atoms with Crippen molar-refractivity contribution >= 4 is 0 Å². The lowest BCUT2D eigenvalue weighted by molar-refractivity contribution is 0.272. The largest absolute Gasteiger partial charge is 0.312 e. The van der Waals surface area contributed by atoms with Gasteiger partial charge >= 0.3 is 0 Å². The van der Waals surface area contributed by atoms with E-state index >= 15 is 0 Å². The summed E-state index contributed by atoms with van der Waals surface area (Å²) >= 11 is 0. The first-order valence-electron chi connectivity index (χ1n) is 6.74. The average molecular weight is 212 g/mol. The van der Waals surface area contributed by atoms with Crippen LogP contribution in [0.5, 0.6) is 0 Å². The minimum Gasteiger partial charge on any atom is -0.312 e. The van der Waals surface area contributed by atoms with Crippen LogP contribution in [0, 0.1) is 0 Å². The molecule has 0 amide bonds. The highest BCUT2D eigenvalue weighted by molar-refractivity contribution is 4.79. The van der Waals surface area contributed by atoms with Crippen LogP contribution in [-0.2, 0) is 0 Å². The van der Waals surface area contributed by atoms with Crippen LogP contribution in [0.2, 0.25) is 0 Å². The summed E-state index contributed by atoms with van der Waals surface area (Å²) in [5.74, 6) is 0. The average Bonchev–Trinajstić information content (AvgIpc) is 2.18. The third-order valence-corrected chi connectivity index (χ3v) is 3.63.